The van der Waals surface area contributed by atoms with Crippen molar-refractivity contribution in [2.24, 2.45) is 12.8 Å². The van der Waals surface area contributed by atoms with Crippen LogP contribution in [0.1, 0.15) is 24.0 Å². The SMILES string of the molecule is COCCCCN(C)c1cc(Oc2cc(C#N)ccc2-c2ncc(CCN)cn2)n(C)n1. The number of aromatic nitrogens is 4. The van der Waals surface area contributed by atoms with E-state index in [1.54, 1.807) is 42.4 Å². The van der Waals surface area contributed by atoms with Gasteiger partial charge in [-0.1, -0.05) is 0 Å². The fourth-order valence-corrected chi connectivity index (χ4v) is 3.19. The summed E-state index contributed by atoms with van der Waals surface area (Å²) in [7, 11) is 5.53. The van der Waals surface area contributed by atoms with Gasteiger partial charge in [-0.2, -0.15) is 10.4 Å². The van der Waals surface area contributed by atoms with E-state index in [-0.39, 0.29) is 0 Å². The Kier molecular flexibility index (Phi) is 8.14. The van der Waals surface area contributed by atoms with Gasteiger partial charge in [0, 0.05) is 52.8 Å². The zero-order valence-corrected chi connectivity index (χ0v) is 18.8. The highest BCUT2D eigenvalue weighted by molar-refractivity contribution is 5.66. The van der Waals surface area contributed by atoms with Gasteiger partial charge < -0.3 is 20.1 Å². The average Bonchev–Trinajstić information content (AvgIpc) is 3.17. The highest BCUT2D eigenvalue weighted by Gasteiger charge is 2.16. The third-order valence-corrected chi connectivity index (χ3v) is 5.01. The number of nitrogens with two attached hydrogens (primary N) is 1. The van der Waals surface area contributed by atoms with Gasteiger partial charge >= 0.3 is 0 Å². The molecule has 9 nitrogen and oxygen atoms in total. The molecule has 168 valence electrons. The molecule has 1 aromatic carbocycles. The Morgan fingerprint density at radius 2 is 1.97 bits per heavy atom. The van der Waals surface area contributed by atoms with E-state index in [0.717, 1.165) is 37.4 Å². The van der Waals surface area contributed by atoms with Crippen molar-refractivity contribution >= 4 is 5.82 Å². The molecular weight excluding hydrogens is 406 g/mol. The molecule has 32 heavy (non-hydrogen) atoms. The van der Waals surface area contributed by atoms with Crippen LogP contribution in [0, 0.1) is 11.3 Å². The minimum Gasteiger partial charge on any atom is -0.438 e. The van der Waals surface area contributed by atoms with Crippen molar-refractivity contribution in [1.29, 1.82) is 5.26 Å². The molecule has 0 aliphatic heterocycles. The van der Waals surface area contributed by atoms with Crippen molar-refractivity contribution in [3.8, 4) is 29.1 Å². The van der Waals surface area contributed by atoms with Gasteiger partial charge in [0.25, 0.3) is 0 Å². The van der Waals surface area contributed by atoms with Gasteiger partial charge in [-0.05, 0) is 49.6 Å². The summed E-state index contributed by atoms with van der Waals surface area (Å²) in [6.45, 7) is 2.15. The molecule has 0 spiro atoms. The third kappa shape index (κ3) is 5.81. The molecule has 0 saturated carbocycles. The number of hydrogen-bond donors (Lipinski definition) is 1. The number of nitriles is 1. The molecule has 2 aromatic heterocycles. The van der Waals surface area contributed by atoms with Gasteiger partial charge in [-0.25, -0.2) is 14.6 Å². The van der Waals surface area contributed by atoms with E-state index in [9.17, 15) is 5.26 Å². The summed E-state index contributed by atoms with van der Waals surface area (Å²) in [5.74, 6) is 2.37. The second-order valence-corrected chi connectivity index (χ2v) is 7.46. The van der Waals surface area contributed by atoms with Crippen molar-refractivity contribution in [2.75, 3.05) is 38.8 Å². The highest BCUT2D eigenvalue weighted by atomic mass is 16.5. The standard InChI is InChI=1S/C23H29N7O2/c1-29(10-4-5-11-31-3)21-13-22(30(2)28-21)32-20-12-17(14-25)6-7-19(20)23-26-15-18(8-9-24)16-27-23/h6-7,12-13,15-16H,4-5,8-11,24H2,1-3H3. The predicted octanol–water partition coefficient (Wildman–Crippen LogP) is 2.91. The first-order chi connectivity index (χ1) is 15.5. The minimum absolute atomic E-state index is 0.487. The Morgan fingerprint density at radius 1 is 1.19 bits per heavy atom. The van der Waals surface area contributed by atoms with Crippen molar-refractivity contribution in [1.82, 2.24) is 19.7 Å². The summed E-state index contributed by atoms with van der Waals surface area (Å²) in [6.07, 6.45) is 6.23. The lowest BCUT2D eigenvalue weighted by Gasteiger charge is -2.15. The summed E-state index contributed by atoms with van der Waals surface area (Å²) in [5.41, 5.74) is 7.76. The molecular formula is C23H29N7O2. The average molecular weight is 436 g/mol. The van der Waals surface area contributed by atoms with Gasteiger partial charge in [0.15, 0.2) is 11.6 Å². The Bertz CT molecular complexity index is 1060. The zero-order valence-electron chi connectivity index (χ0n) is 18.8. The minimum atomic E-state index is 0.487. The maximum Gasteiger partial charge on any atom is 0.219 e. The van der Waals surface area contributed by atoms with Crippen molar-refractivity contribution < 1.29 is 9.47 Å². The maximum absolute atomic E-state index is 9.36. The Labute approximate surface area is 188 Å². The van der Waals surface area contributed by atoms with Crippen molar-refractivity contribution in [3.05, 3.63) is 47.8 Å². The molecule has 0 atom stereocenters. The summed E-state index contributed by atoms with van der Waals surface area (Å²) in [4.78, 5) is 11.0. The van der Waals surface area contributed by atoms with E-state index in [0.29, 0.717) is 41.5 Å². The molecule has 0 fully saturated rings. The molecule has 9 heteroatoms. The van der Waals surface area contributed by atoms with Crippen LogP contribution < -0.4 is 15.4 Å². The number of ether oxygens (including phenoxy) is 2. The van der Waals surface area contributed by atoms with Crippen LogP contribution >= 0.6 is 0 Å². The van der Waals surface area contributed by atoms with E-state index in [1.807, 2.05) is 20.2 Å². The zero-order chi connectivity index (χ0) is 22.9. The van der Waals surface area contributed by atoms with E-state index in [4.69, 9.17) is 15.2 Å². The summed E-state index contributed by atoms with van der Waals surface area (Å²) in [5, 5.41) is 13.9. The van der Waals surface area contributed by atoms with Crippen LogP contribution in [0.5, 0.6) is 11.6 Å². The molecule has 3 aromatic rings. The largest absolute Gasteiger partial charge is 0.438 e. The summed E-state index contributed by atoms with van der Waals surface area (Å²) < 4.78 is 13.0. The molecule has 3 rings (SSSR count). The number of nitrogens with zero attached hydrogens (tertiary/aromatic N) is 6. The van der Waals surface area contributed by atoms with E-state index in [1.165, 1.54) is 0 Å². The Balaban J connectivity index is 1.83. The second-order valence-electron chi connectivity index (χ2n) is 7.46. The molecule has 2 N–H and O–H groups in total. The predicted molar refractivity (Wildman–Crippen MR) is 123 cm³/mol. The second kappa shape index (κ2) is 11.2. The third-order valence-electron chi connectivity index (χ3n) is 5.01. The van der Waals surface area contributed by atoms with Crippen LogP contribution in [0.15, 0.2) is 36.7 Å². The number of aryl methyl sites for hydroxylation is 1. The van der Waals surface area contributed by atoms with Gasteiger partial charge in [-0.15, -0.1) is 0 Å². The van der Waals surface area contributed by atoms with Crippen LogP contribution in [0.3, 0.4) is 0 Å². The number of unbranched alkanes of at least 4 members (excludes halogenated alkanes) is 1. The molecule has 0 bridgehead atoms. The van der Waals surface area contributed by atoms with Crippen LogP contribution in [0.4, 0.5) is 5.82 Å². The fourth-order valence-electron chi connectivity index (χ4n) is 3.19. The number of rotatable bonds is 11. The number of anilines is 1. The fraction of sp³-hybridized carbons (Fsp3) is 0.391. The molecule has 0 aliphatic rings. The molecule has 0 saturated heterocycles. The van der Waals surface area contributed by atoms with Crippen molar-refractivity contribution in [3.63, 3.8) is 0 Å². The molecule has 0 unspecified atom stereocenters. The first-order valence-corrected chi connectivity index (χ1v) is 10.5. The Hall–Kier alpha value is -3.48. The molecule has 0 aliphatic carbocycles. The highest BCUT2D eigenvalue weighted by Crippen LogP contribution is 2.33. The molecule has 0 amide bonds. The van der Waals surface area contributed by atoms with Crippen LogP contribution in [-0.2, 0) is 18.2 Å². The quantitative estimate of drug-likeness (QED) is 0.457. The van der Waals surface area contributed by atoms with Crippen molar-refractivity contribution in [2.45, 2.75) is 19.3 Å². The van der Waals surface area contributed by atoms with Crippen LogP contribution in [0.2, 0.25) is 0 Å². The van der Waals surface area contributed by atoms with Crippen LogP contribution in [-0.4, -0.2) is 53.6 Å². The normalized spacial score (nSPS) is 10.7. The lowest BCUT2D eigenvalue weighted by molar-refractivity contribution is 0.193. The number of benzene rings is 1. The van der Waals surface area contributed by atoms with E-state index < -0.39 is 0 Å². The van der Waals surface area contributed by atoms with Gasteiger partial charge in [0.2, 0.25) is 5.88 Å². The van der Waals surface area contributed by atoms with Gasteiger partial charge in [0.1, 0.15) is 5.75 Å². The topological polar surface area (TPSA) is 115 Å². The maximum atomic E-state index is 9.36. The first-order valence-electron chi connectivity index (χ1n) is 10.5. The first kappa shape index (κ1) is 23.2. The van der Waals surface area contributed by atoms with Crippen LogP contribution in [0.25, 0.3) is 11.4 Å². The Morgan fingerprint density at radius 3 is 2.66 bits per heavy atom. The smallest absolute Gasteiger partial charge is 0.219 e. The lowest BCUT2D eigenvalue weighted by atomic mass is 10.1. The summed E-state index contributed by atoms with van der Waals surface area (Å²) in [6, 6.07) is 9.24. The number of hydrogen-bond acceptors (Lipinski definition) is 8. The number of methoxy groups -OCH3 is 1. The van der Waals surface area contributed by atoms with Gasteiger partial charge in [-0.3, -0.25) is 0 Å². The molecule has 2 heterocycles. The molecule has 0 radical (unpaired) electrons. The summed E-state index contributed by atoms with van der Waals surface area (Å²) >= 11 is 0. The lowest BCUT2D eigenvalue weighted by Crippen LogP contribution is -2.19. The van der Waals surface area contributed by atoms with Gasteiger partial charge in [0.05, 0.1) is 17.2 Å². The van der Waals surface area contributed by atoms with E-state index >= 15 is 0 Å². The monoisotopic (exact) mass is 435 g/mol. The van der Waals surface area contributed by atoms with E-state index in [2.05, 4.69) is 26.0 Å².